The number of nitrogens with zero attached hydrogens (tertiary/aromatic N) is 3. The molecule has 4 rings (SSSR count). The SMILES string of the molecule is Clc1cccc(Nc2nc(-c3ccccc3)cn3ccnc23)c1. The summed E-state index contributed by atoms with van der Waals surface area (Å²) in [7, 11) is 0. The molecule has 4 nitrogen and oxygen atoms in total. The number of hydrogen-bond acceptors (Lipinski definition) is 3. The van der Waals surface area contributed by atoms with Gasteiger partial charge in [-0.1, -0.05) is 48.0 Å². The first kappa shape index (κ1) is 13.8. The number of halogens is 1. The minimum Gasteiger partial charge on any atom is -0.337 e. The Balaban J connectivity index is 1.83. The zero-order valence-corrected chi connectivity index (χ0v) is 12.9. The number of aromatic nitrogens is 3. The summed E-state index contributed by atoms with van der Waals surface area (Å²) in [5.74, 6) is 0.693. The molecule has 0 radical (unpaired) electrons. The number of rotatable bonds is 3. The third kappa shape index (κ3) is 2.76. The molecule has 0 atom stereocenters. The number of benzene rings is 2. The predicted octanol–water partition coefficient (Wildman–Crippen LogP) is 4.79. The number of imidazole rings is 1. The standard InChI is InChI=1S/C18H13ClN4/c19-14-7-4-8-15(11-14)21-17-18-20-9-10-23(18)12-16(22-17)13-5-2-1-3-6-13/h1-12H,(H,21,22). The third-order valence-electron chi connectivity index (χ3n) is 3.53. The second-order valence-corrected chi connectivity index (χ2v) is 5.57. The normalized spacial score (nSPS) is 10.8. The van der Waals surface area contributed by atoms with Crippen LogP contribution in [0.4, 0.5) is 11.5 Å². The Morgan fingerprint density at radius 2 is 1.87 bits per heavy atom. The van der Waals surface area contributed by atoms with Gasteiger partial charge in [0.25, 0.3) is 0 Å². The van der Waals surface area contributed by atoms with Gasteiger partial charge in [-0.15, -0.1) is 0 Å². The van der Waals surface area contributed by atoms with E-state index in [4.69, 9.17) is 16.6 Å². The quantitative estimate of drug-likeness (QED) is 0.590. The summed E-state index contributed by atoms with van der Waals surface area (Å²) in [5.41, 5.74) is 3.57. The molecule has 2 aromatic carbocycles. The van der Waals surface area contributed by atoms with Gasteiger partial charge in [-0.2, -0.15) is 0 Å². The highest BCUT2D eigenvalue weighted by Gasteiger charge is 2.09. The van der Waals surface area contributed by atoms with Gasteiger partial charge in [0.05, 0.1) is 5.69 Å². The smallest absolute Gasteiger partial charge is 0.180 e. The van der Waals surface area contributed by atoms with Gasteiger partial charge in [-0.3, -0.25) is 0 Å². The van der Waals surface area contributed by atoms with Crippen molar-refractivity contribution in [1.29, 1.82) is 0 Å². The van der Waals surface area contributed by atoms with Crippen LogP contribution in [0.2, 0.25) is 5.02 Å². The van der Waals surface area contributed by atoms with Crippen molar-refractivity contribution >= 4 is 28.8 Å². The lowest BCUT2D eigenvalue weighted by molar-refractivity contribution is 1.13. The summed E-state index contributed by atoms with van der Waals surface area (Å²) in [6.07, 6.45) is 5.64. The van der Waals surface area contributed by atoms with E-state index in [2.05, 4.69) is 10.3 Å². The van der Waals surface area contributed by atoms with Crippen LogP contribution < -0.4 is 5.32 Å². The highest BCUT2D eigenvalue weighted by Crippen LogP contribution is 2.25. The van der Waals surface area contributed by atoms with Crippen LogP contribution in [0, 0.1) is 0 Å². The molecule has 0 bridgehead atoms. The first-order valence-electron chi connectivity index (χ1n) is 7.21. The first-order valence-corrected chi connectivity index (χ1v) is 7.59. The molecule has 2 aromatic heterocycles. The third-order valence-corrected chi connectivity index (χ3v) is 3.77. The summed E-state index contributed by atoms with van der Waals surface area (Å²) < 4.78 is 1.96. The maximum Gasteiger partial charge on any atom is 0.180 e. The van der Waals surface area contributed by atoms with Crippen molar-refractivity contribution in [3.63, 3.8) is 0 Å². The molecule has 2 heterocycles. The predicted molar refractivity (Wildman–Crippen MR) is 93.2 cm³/mol. The Labute approximate surface area is 138 Å². The van der Waals surface area contributed by atoms with Crippen LogP contribution in [-0.2, 0) is 0 Å². The molecule has 4 aromatic rings. The number of nitrogens with one attached hydrogen (secondary N) is 1. The van der Waals surface area contributed by atoms with Gasteiger partial charge in [0, 0.05) is 34.9 Å². The van der Waals surface area contributed by atoms with Crippen LogP contribution >= 0.6 is 11.6 Å². The second-order valence-electron chi connectivity index (χ2n) is 5.13. The minimum atomic E-state index is 0.675. The topological polar surface area (TPSA) is 42.2 Å². The summed E-state index contributed by atoms with van der Waals surface area (Å²) in [6.45, 7) is 0. The van der Waals surface area contributed by atoms with E-state index >= 15 is 0 Å². The lowest BCUT2D eigenvalue weighted by atomic mass is 10.2. The molecule has 112 valence electrons. The highest BCUT2D eigenvalue weighted by atomic mass is 35.5. The molecule has 23 heavy (non-hydrogen) atoms. The molecule has 0 amide bonds. The van der Waals surface area contributed by atoms with E-state index in [1.165, 1.54) is 0 Å². The van der Waals surface area contributed by atoms with Gasteiger partial charge in [0.15, 0.2) is 11.5 Å². The zero-order valence-electron chi connectivity index (χ0n) is 12.1. The van der Waals surface area contributed by atoms with Crippen LogP contribution in [0.5, 0.6) is 0 Å². The summed E-state index contributed by atoms with van der Waals surface area (Å²) in [6, 6.07) is 17.6. The molecule has 0 saturated heterocycles. The van der Waals surface area contributed by atoms with Crippen molar-refractivity contribution in [2.75, 3.05) is 5.32 Å². The van der Waals surface area contributed by atoms with Crippen LogP contribution in [0.3, 0.4) is 0 Å². The monoisotopic (exact) mass is 320 g/mol. The first-order chi connectivity index (χ1) is 11.3. The molecule has 0 aliphatic heterocycles. The largest absolute Gasteiger partial charge is 0.337 e. The lowest BCUT2D eigenvalue weighted by Gasteiger charge is -2.10. The van der Waals surface area contributed by atoms with Crippen LogP contribution in [0.15, 0.2) is 73.2 Å². The van der Waals surface area contributed by atoms with E-state index in [0.717, 1.165) is 22.6 Å². The van der Waals surface area contributed by atoms with Crippen molar-refractivity contribution in [2.24, 2.45) is 0 Å². The van der Waals surface area contributed by atoms with E-state index in [-0.39, 0.29) is 0 Å². The van der Waals surface area contributed by atoms with E-state index < -0.39 is 0 Å². The summed E-state index contributed by atoms with van der Waals surface area (Å²) >= 11 is 6.05. The second kappa shape index (κ2) is 5.74. The average Bonchev–Trinajstić information content (AvgIpc) is 3.04. The minimum absolute atomic E-state index is 0.675. The Morgan fingerprint density at radius 1 is 1.00 bits per heavy atom. The molecular formula is C18H13ClN4. The molecule has 0 spiro atoms. The molecule has 0 saturated carbocycles. The van der Waals surface area contributed by atoms with Crippen LogP contribution in [-0.4, -0.2) is 14.4 Å². The molecule has 5 heteroatoms. The molecular weight excluding hydrogens is 308 g/mol. The van der Waals surface area contributed by atoms with Crippen molar-refractivity contribution < 1.29 is 0 Å². The number of anilines is 2. The van der Waals surface area contributed by atoms with Crippen molar-refractivity contribution in [1.82, 2.24) is 14.4 Å². The molecule has 0 aliphatic carbocycles. The van der Waals surface area contributed by atoms with E-state index in [9.17, 15) is 0 Å². The molecule has 0 fully saturated rings. The van der Waals surface area contributed by atoms with Gasteiger partial charge < -0.3 is 9.72 Å². The van der Waals surface area contributed by atoms with Gasteiger partial charge in [-0.25, -0.2) is 9.97 Å². The highest BCUT2D eigenvalue weighted by molar-refractivity contribution is 6.30. The number of fused-ring (bicyclic) bond motifs is 1. The maximum absolute atomic E-state index is 6.05. The molecule has 0 unspecified atom stereocenters. The average molecular weight is 321 g/mol. The molecule has 1 N–H and O–H groups in total. The summed E-state index contributed by atoms with van der Waals surface area (Å²) in [4.78, 5) is 9.11. The lowest BCUT2D eigenvalue weighted by Crippen LogP contribution is -2.00. The van der Waals surface area contributed by atoms with Gasteiger partial charge in [0.1, 0.15) is 0 Å². The molecule has 0 aliphatic rings. The van der Waals surface area contributed by atoms with Gasteiger partial charge >= 0.3 is 0 Å². The van der Waals surface area contributed by atoms with Crippen LogP contribution in [0.25, 0.3) is 16.9 Å². The number of hydrogen-bond donors (Lipinski definition) is 1. The van der Waals surface area contributed by atoms with E-state index in [1.807, 2.05) is 71.4 Å². The fourth-order valence-corrected chi connectivity index (χ4v) is 2.66. The maximum atomic E-state index is 6.05. The fourth-order valence-electron chi connectivity index (χ4n) is 2.47. The van der Waals surface area contributed by atoms with Crippen molar-refractivity contribution in [2.45, 2.75) is 0 Å². The van der Waals surface area contributed by atoms with E-state index in [0.29, 0.717) is 10.8 Å². The Bertz CT molecular complexity index is 963. The van der Waals surface area contributed by atoms with Crippen molar-refractivity contribution in [3.8, 4) is 11.3 Å². The van der Waals surface area contributed by atoms with Gasteiger partial charge in [-0.05, 0) is 18.2 Å². The Hall–Kier alpha value is -2.85. The summed E-state index contributed by atoms with van der Waals surface area (Å²) in [5, 5.41) is 3.98. The Morgan fingerprint density at radius 3 is 2.70 bits per heavy atom. The zero-order chi connectivity index (χ0) is 15.6. The van der Waals surface area contributed by atoms with Crippen molar-refractivity contribution in [3.05, 3.63) is 78.2 Å². The Kier molecular flexibility index (Phi) is 3.44. The van der Waals surface area contributed by atoms with E-state index in [1.54, 1.807) is 6.20 Å². The fraction of sp³-hybridized carbons (Fsp3) is 0. The van der Waals surface area contributed by atoms with Gasteiger partial charge in [0.2, 0.25) is 0 Å². The van der Waals surface area contributed by atoms with Crippen LogP contribution in [0.1, 0.15) is 0 Å².